The Morgan fingerprint density at radius 1 is 1.22 bits per heavy atom. The lowest BCUT2D eigenvalue weighted by Crippen LogP contribution is -2.45. The third-order valence-electron chi connectivity index (χ3n) is 5.26. The van der Waals surface area contributed by atoms with Crippen LogP contribution in [0, 0.1) is 35.3 Å². The highest BCUT2D eigenvalue weighted by atomic mass is 16.6. The Bertz CT molecular complexity index is 1240. The number of aliphatic hydroxyl groups excluding tert-OH is 1. The summed E-state index contributed by atoms with van der Waals surface area (Å²) in [5, 5.41) is 30.5. The van der Waals surface area contributed by atoms with Crippen LogP contribution < -0.4 is 0 Å². The number of aliphatic hydroxyl groups is 1. The summed E-state index contributed by atoms with van der Waals surface area (Å²) in [7, 11) is 0. The second kappa shape index (κ2) is 8.61. The molecule has 9 nitrogen and oxygen atoms in total. The highest BCUT2D eigenvalue weighted by Gasteiger charge is 2.36. The van der Waals surface area contributed by atoms with Crippen LogP contribution in [-0.4, -0.2) is 39.4 Å². The first-order chi connectivity index (χ1) is 15.0. The van der Waals surface area contributed by atoms with Crippen molar-refractivity contribution in [2.24, 2.45) is 0 Å². The van der Waals surface area contributed by atoms with E-state index in [9.17, 15) is 30.1 Å². The number of imide groups is 1. The quantitative estimate of drug-likeness (QED) is 0.328. The molecule has 3 rings (SSSR count). The first-order valence-electron chi connectivity index (χ1n) is 9.78. The lowest BCUT2D eigenvalue weighted by atomic mass is 9.94. The number of nitro groups is 1. The van der Waals surface area contributed by atoms with Gasteiger partial charge in [0.2, 0.25) is 0 Å². The van der Waals surface area contributed by atoms with Crippen LogP contribution in [0.5, 0.6) is 0 Å². The minimum absolute atomic E-state index is 0.0669. The number of amides is 2. The molecule has 1 N–H and O–H groups in total. The van der Waals surface area contributed by atoms with E-state index in [-0.39, 0.29) is 40.5 Å². The van der Waals surface area contributed by atoms with Crippen LogP contribution in [-0.2, 0) is 9.59 Å². The van der Waals surface area contributed by atoms with E-state index in [0.29, 0.717) is 5.56 Å². The van der Waals surface area contributed by atoms with E-state index in [1.807, 2.05) is 13.0 Å². The van der Waals surface area contributed by atoms with Gasteiger partial charge in [-0.3, -0.25) is 24.6 Å². The number of nitro benzene ring substituents is 1. The topological polar surface area (TPSA) is 138 Å². The predicted octanol–water partition coefficient (Wildman–Crippen LogP) is 3.44. The maximum atomic E-state index is 12.9. The van der Waals surface area contributed by atoms with Crippen molar-refractivity contribution in [2.45, 2.75) is 33.8 Å². The Kier molecular flexibility index (Phi) is 6.09. The lowest BCUT2D eigenvalue weighted by molar-refractivity contribution is -0.384. The standard InChI is InChI=1S/C23H21N3O6/c1-12-7-18(20(26(30)31)8-13(12)2)21-6-5-16(32-21)9-17-15(4)19(10-24)23(29)25(22(17)28)11-14(3)27/h5-9,14,27H,11H2,1-4H3/b17-9+. The molecule has 0 radical (unpaired) electrons. The maximum Gasteiger partial charge on any atom is 0.280 e. The van der Waals surface area contributed by atoms with Gasteiger partial charge in [0.1, 0.15) is 23.2 Å². The van der Waals surface area contributed by atoms with Crippen molar-refractivity contribution in [3.8, 4) is 17.4 Å². The molecule has 1 aliphatic heterocycles. The third kappa shape index (κ3) is 4.08. The van der Waals surface area contributed by atoms with Crippen LogP contribution in [0.25, 0.3) is 17.4 Å². The predicted molar refractivity (Wildman–Crippen MR) is 115 cm³/mol. The SMILES string of the molecule is CC1=C(C#N)C(=O)N(CC(C)O)C(=O)/C1=C/c1ccc(-c2cc(C)c(C)cc2[N+](=O)[O-])o1. The fourth-order valence-corrected chi connectivity index (χ4v) is 3.43. The van der Waals surface area contributed by atoms with Gasteiger partial charge in [-0.2, -0.15) is 5.26 Å². The summed E-state index contributed by atoms with van der Waals surface area (Å²) in [6.45, 7) is 6.27. The molecular formula is C23H21N3O6. The molecule has 1 aromatic heterocycles. The van der Waals surface area contributed by atoms with E-state index in [2.05, 4.69) is 0 Å². The third-order valence-corrected chi connectivity index (χ3v) is 5.26. The summed E-state index contributed by atoms with van der Waals surface area (Å²) in [5.74, 6) is -0.964. The molecule has 0 saturated carbocycles. The van der Waals surface area contributed by atoms with Gasteiger partial charge in [0, 0.05) is 11.6 Å². The van der Waals surface area contributed by atoms with Gasteiger partial charge < -0.3 is 9.52 Å². The number of β-amino-alcohol motifs (C(OH)–C–C–N with tert-alkyl or cyclic N) is 1. The molecule has 2 amide bonds. The van der Waals surface area contributed by atoms with Crippen molar-refractivity contribution >= 4 is 23.6 Å². The second-order valence-corrected chi connectivity index (χ2v) is 7.65. The van der Waals surface area contributed by atoms with Crippen LogP contribution in [0.1, 0.15) is 30.7 Å². The minimum Gasteiger partial charge on any atom is -0.456 e. The highest BCUT2D eigenvalue weighted by molar-refractivity contribution is 6.19. The first-order valence-corrected chi connectivity index (χ1v) is 9.78. The monoisotopic (exact) mass is 435 g/mol. The molecule has 2 heterocycles. The van der Waals surface area contributed by atoms with Crippen molar-refractivity contribution < 1.29 is 24.0 Å². The smallest absolute Gasteiger partial charge is 0.280 e. The van der Waals surface area contributed by atoms with Crippen LogP contribution in [0.3, 0.4) is 0 Å². The van der Waals surface area contributed by atoms with Crippen molar-refractivity contribution in [2.75, 3.05) is 6.54 Å². The summed E-state index contributed by atoms with van der Waals surface area (Å²) < 4.78 is 5.78. The van der Waals surface area contributed by atoms with Crippen LogP contribution >= 0.6 is 0 Å². The van der Waals surface area contributed by atoms with Gasteiger partial charge in [-0.25, -0.2) is 0 Å². The zero-order valence-electron chi connectivity index (χ0n) is 18.0. The molecule has 1 aromatic carbocycles. The molecule has 9 heteroatoms. The van der Waals surface area contributed by atoms with Crippen molar-refractivity contribution in [1.82, 2.24) is 4.90 Å². The Hall–Kier alpha value is -4.03. The molecule has 0 bridgehead atoms. The van der Waals surface area contributed by atoms with Crippen LogP contribution in [0.15, 0.2) is 45.4 Å². The zero-order valence-corrected chi connectivity index (χ0v) is 18.0. The van der Waals surface area contributed by atoms with E-state index in [1.165, 1.54) is 26.0 Å². The number of carbonyl (C=O) groups excluding carboxylic acids is 2. The maximum absolute atomic E-state index is 12.9. The molecule has 0 saturated heterocycles. The van der Waals surface area contributed by atoms with Gasteiger partial charge in [-0.1, -0.05) is 0 Å². The van der Waals surface area contributed by atoms with Crippen molar-refractivity contribution in [3.05, 3.63) is 68.0 Å². The Balaban J connectivity index is 2.09. The molecular weight excluding hydrogens is 414 g/mol. The molecule has 1 aliphatic rings. The number of carbonyl (C=O) groups is 2. The lowest BCUT2D eigenvalue weighted by Gasteiger charge is -2.28. The number of furan rings is 1. The van der Waals surface area contributed by atoms with E-state index < -0.39 is 22.8 Å². The number of benzene rings is 1. The number of nitrogens with zero attached hydrogens (tertiary/aromatic N) is 3. The van der Waals surface area contributed by atoms with Gasteiger partial charge in [-0.05, 0) is 68.7 Å². The Morgan fingerprint density at radius 2 is 1.88 bits per heavy atom. The molecule has 1 unspecified atom stereocenters. The fourth-order valence-electron chi connectivity index (χ4n) is 3.43. The van der Waals surface area contributed by atoms with Gasteiger partial charge in [-0.15, -0.1) is 0 Å². The molecule has 2 aromatic rings. The summed E-state index contributed by atoms with van der Waals surface area (Å²) in [5.41, 5.74) is 1.88. The van der Waals surface area contributed by atoms with E-state index in [1.54, 1.807) is 25.1 Å². The number of hydrogen-bond acceptors (Lipinski definition) is 7. The molecule has 0 aliphatic carbocycles. The molecule has 0 fully saturated rings. The van der Waals surface area contributed by atoms with Crippen molar-refractivity contribution in [3.63, 3.8) is 0 Å². The normalized spacial score (nSPS) is 16.5. The van der Waals surface area contributed by atoms with Crippen LogP contribution in [0.2, 0.25) is 0 Å². The molecule has 0 spiro atoms. The zero-order chi connectivity index (χ0) is 23.7. The number of aryl methyl sites for hydroxylation is 2. The van der Waals surface area contributed by atoms with Crippen LogP contribution in [0.4, 0.5) is 5.69 Å². The Labute approximate surface area is 184 Å². The summed E-state index contributed by atoms with van der Waals surface area (Å²) in [6.07, 6.45) is 0.412. The average molecular weight is 435 g/mol. The van der Waals surface area contributed by atoms with E-state index >= 15 is 0 Å². The first kappa shape index (κ1) is 22.7. The largest absolute Gasteiger partial charge is 0.456 e. The van der Waals surface area contributed by atoms with Crippen molar-refractivity contribution in [1.29, 1.82) is 5.26 Å². The fraction of sp³-hybridized carbons (Fsp3) is 0.261. The minimum atomic E-state index is -0.969. The highest BCUT2D eigenvalue weighted by Crippen LogP contribution is 2.35. The molecule has 32 heavy (non-hydrogen) atoms. The number of nitriles is 1. The Morgan fingerprint density at radius 3 is 2.47 bits per heavy atom. The van der Waals surface area contributed by atoms with Gasteiger partial charge in [0.05, 0.1) is 23.1 Å². The van der Waals surface area contributed by atoms with E-state index in [4.69, 9.17) is 4.42 Å². The second-order valence-electron chi connectivity index (χ2n) is 7.65. The average Bonchev–Trinajstić information content (AvgIpc) is 3.19. The van der Waals surface area contributed by atoms with Gasteiger partial charge >= 0.3 is 0 Å². The van der Waals surface area contributed by atoms with Gasteiger partial charge in [0.15, 0.2) is 0 Å². The summed E-state index contributed by atoms with van der Waals surface area (Å²) in [4.78, 5) is 37.2. The molecule has 1 atom stereocenters. The van der Waals surface area contributed by atoms with Gasteiger partial charge in [0.25, 0.3) is 17.5 Å². The summed E-state index contributed by atoms with van der Waals surface area (Å²) >= 11 is 0. The molecule has 164 valence electrons. The number of hydrogen-bond donors (Lipinski definition) is 1. The number of rotatable bonds is 5. The summed E-state index contributed by atoms with van der Waals surface area (Å²) in [6, 6.07) is 8.05. The van der Waals surface area contributed by atoms with E-state index in [0.717, 1.165) is 16.0 Å².